The predicted molar refractivity (Wildman–Crippen MR) is 72.2 cm³/mol. The van der Waals surface area contributed by atoms with Crippen molar-refractivity contribution in [2.45, 2.75) is 13.0 Å². The van der Waals surface area contributed by atoms with Crippen LogP contribution in [0.2, 0.25) is 5.02 Å². The molecule has 0 aliphatic heterocycles. The van der Waals surface area contributed by atoms with Crippen molar-refractivity contribution >= 4 is 21.4 Å². The molecule has 0 spiro atoms. The number of halogens is 1. The molecule has 0 aromatic heterocycles. The molecular formula is C12H18ClNO2S. The molecule has 1 aromatic rings. The molecule has 0 saturated carbocycles. The third-order valence-electron chi connectivity index (χ3n) is 2.83. The summed E-state index contributed by atoms with van der Waals surface area (Å²) in [5.41, 5.74) is 1.13. The fraction of sp³-hybridized carbons (Fsp3) is 0.500. The van der Waals surface area contributed by atoms with Crippen molar-refractivity contribution in [3.63, 3.8) is 0 Å². The summed E-state index contributed by atoms with van der Waals surface area (Å²) in [4.78, 5) is 2.02. The van der Waals surface area contributed by atoms with Crippen molar-refractivity contribution < 1.29 is 8.42 Å². The van der Waals surface area contributed by atoms with E-state index in [0.717, 1.165) is 5.56 Å². The first kappa shape index (κ1) is 14.5. The third-order valence-corrected chi connectivity index (χ3v) is 4.00. The van der Waals surface area contributed by atoms with Gasteiger partial charge < -0.3 is 0 Å². The number of hydrogen-bond acceptors (Lipinski definition) is 3. The van der Waals surface area contributed by atoms with Gasteiger partial charge in [-0.05, 0) is 31.7 Å². The maximum absolute atomic E-state index is 11.1. The van der Waals surface area contributed by atoms with Gasteiger partial charge in [0.1, 0.15) is 9.84 Å². The molecule has 96 valence electrons. The van der Waals surface area contributed by atoms with Crippen LogP contribution in [0.25, 0.3) is 0 Å². The standard InChI is InChI=1S/C12H18ClNO2S/c1-10(11-4-6-12(13)7-5-11)14(2)8-9-17(3,15)16/h4-7,10H,8-9H2,1-3H3. The third kappa shape index (κ3) is 5.06. The summed E-state index contributed by atoms with van der Waals surface area (Å²) in [6.45, 7) is 2.58. The van der Waals surface area contributed by atoms with Gasteiger partial charge in [-0.1, -0.05) is 23.7 Å². The highest BCUT2D eigenvalue weighted by molar-refractivity contribution is 7.90. The minimum absolute atomic E-state index is 0.175. The van der Waals surface area contributed by atoms with Gasteiger partial charge in [0.25, 0.3) is 0 Å². The molecule has 0 saturated heterocycles. The highest BCUT2D eigenvalue weighted by atomic mass is 35.5. The maximum atomic E-state index is 11.1. The van der Waals surface area contributed by atoms with Crippen LogP contribution in [0.5, 0.6) is 0 Å². The zero-order chi connectivity index (χ0) is 13.1. The highest BCUT2D eigenvalue weighted by Gasteiger charge is 2.13. The van der Waals surface area contributed by atoms with Crippen molar-refractivity contribution in [3.8, 4) is 0 Å². The monoisotopic (exact) mass is 275 g/mol. The Morgan fingerprint density at radius 2 is 1.82 bits per heavy atom. The summed E-state index contributed by atoms with van der Waals surface area (Å²) in [5.74, 6) is 0.182. The van der Waals surface area contributed by atoms with Gasteiger partial charge >= 0.3 is 0 Å². The predicted octanol–water partition coefficient (Wildman–Crippen LogP) is 2.38. The second-order valence-corrected chi connectivity index (χ2v) is 7.03. The number of hydrogen-bond donors (Lipinski definition) is 0. The van der Waals surface area contributed by atoms with Gasteiger partial charge in [0, 0.05) is 23.9 Å². The lowest BCUT2D eigenvalue weighted by atomic mass is 10.1. The van der Waals surface area contributed by atoms with E-state index in [1.165, 1.54) is 6.26 Å². The molecule has 17 heavy (non-hydrogen) atoms. The zero-order valence-electron chi connectivity index (χ0n) is 10.4. The fourth-order valence-electron chi connectivity index (χ4n) is 1.50. The van der Waals surface area contributed by atoms with E-state index in [1.807, 2.05) is 43.1 Å². The summed E-state index contributed by atoms with van der Waals surface area (Å²) in [5, 5.41) is 0.708. The highest BCUT2D eigenvalue weighted by Crippen LogP contribution is 2.20. The summed E-state index contributed by atoms with van der Waals surface area (Å²) >= 11 is 5.82. The Morgan fingerprint density at radius 3 is 2.29 bits per heavy atom. The molecule has 1 rings (SSSR count). The lowest BCUT2D eigenvalue weighted by molar-refractivity contribution is 0.277. The summed E-state index contributed by atoms with van der Waals surface area (Å²) in [6.07, 6.45) is 1.26. The molecule has 0 bridgehead atoms. The summed E-state index contributed by atoms with van der Waals surface area (Å²) < 4.78 is 22.2. The van der Waals surface area contributed by atoms with E-state index in [4.69, 9.17) is 11.6 Å². The van der Waals surface area contributed by atoms with E-state index in [9.17, 15) is 8.42 Å². The van der Waals surface area contributed by atoms with Gasteiger partial charge in [-0.2, -0.15) is 0 Å². The van der Waals surface area contributed by atoms with Crippen LogP contribution in [0, 0.1) is 0 Å². The largest absolute Gasteiger partial charge is 0.299 e. The SMILES string of the molecule is CC(c1ccc(Cl)cc1)N(C)CCS(C)(=O)=O. The zero-order valence-corrected chi connectivity index (χ0v) is 11.9. The van der Waals surface area contributed by atoms with E-state index >= 15 is 0 Å². The maximum Gasteiger partial charge on any atom is 0.148 e. The number of nitrogens with zero attached hydrogens (tertiary/aromatic N) is 1. The Kier molecular flexibility index (Phi) is 4.98. The first-order chi connectivity index (χ1) is 7.79. The van der Waals surface area contributed by atoms with E-state index in [1.54, 1.807) is 0 Å². The second-order valence-electron chi connectivity index (χ2n) is 4.34. The first-order valence-corrected chi connectivity index (χ1v) is 7.87. The van der Waals surface area contributed by atoms with Crippen LogP contribution < -0.4 is 0 Å². The van der Waals surface area contributed by atoms with Crippen LogP contribution in [0.15, 0.2) is 24.3 Å². The topological polar surface area (TPSA) is 37.4 Å². The lowest BCUT2D eigenvalue weighted by Crippen LogP contribution is -2.28. The van der Waals surface area contributed by atoms with E-state index in [-0.39, 0.29) is 11.8 Å². The first-order valence-electron chi connectivity index (χ1n) is 5.43. The van der Waals surface area contributed by atoms with Gasteiger partial charge in [-0.25, -0.2) is 8.42 Å². The lowest BCUT2D eigenvalue weighted by Gasteiger charge is -2.24. The molecule has 0 aliphatic carbocycles. The van der Waals surface area contributed by atoms with Crippen molar-refractivity contribution in [3.05, 3.63) is 34.9 Å². The second kappa shape index (κ2) is 5.85. The van der Waals surface area contributed by atoms with Crippen LogP contribution >= 0.6 is 11.6 Å². The van der Waals surface area contributed by atoms with Crippen molar-refractivity contribution in [1.82, 2.24) is 4.90 Å². The molecule has 0 heterocycles. The van der Waals surface area contributed by atoms with Gasteiger partial charge in [0.15, 0.2) is 0 Å². The minimum Gasteiger partial charge on any atom is -0.299 e. The molecule has 1 unspecified atom stereocenters. The normalized spacial score (nSPS) is 13.9. The van der Waals surface area contributed by atoms with Gasteiger partial charge in [0.05, 0.1) is 5.75 Å². The molecule has 0 aliphatic rings. The molecule has 1 aromatic carbocycles. The molecule has 0 radical (unpaired) electrons. The van der Waals surface area contributed by atoms with Crippen LogP contribution in [0.4, 0.5) is 0 Å². The Morgan fingerprint density at radius 1 is 1.29 bits per heavy atom. The van der Waals surface area contributed by atoms with Crippen LogP contribution in [-0.4, -0.2) is 38.9 Å². The number of benzene rings is 1. The molecule has 5 heteroatoms. The average Bonchev–Trinajstić information content (AvgIpc) is 2.25. The van der Waals surface area contributed by atoms with Crippen LogP contribution in [0.1, 0.15) is 18.5 Å². The number of rotatable bonds is 5. The quantitative estimate of drug-likeness (QED) is 0.828. The Bertz CT molecular complexity index is 456. The Balaban J connectivity index is 2.63. The Labute approximate surface area is 108 Å². The molecular weight excluding hydrogens is 258 g/mol. The van der Waals surface area contributed by atoms with Gasteiger partial charge in [-0.15, -0.1) is 0 Å². The van der Waals surface area contributed by atoms with Crippen molar-refractivity contribution in [2.24, 2.45) is 0 Å². The van der Waals surface area contributed by atoms with E-state index < -0.39 is 9.84 Å². The molecule has 3 nitrogen and oxygen atoms in total. The molecule has 1 atom stereocenters. The van der Waals surface area contributed by atoms with Crippen molar-refractivity contribution in [2.75, 3.05) is 25.6 Å². The van der Waals surface area contributed by atoms with Crippen molar-refractivity contribution in [1.29, 1.82) is 0 Å². The number of sulfone groups is 1. The summed E-state index contributed by atoms with van der Waals surface area (Å²) in [6, 6.07) is 7.79. The average molecular weight is 276 g/mol. The van der Waals surface area contributed by atoms with Gasteiger partial charge in [-0.3, -0.25) is 4.90 Å². The van der Waals surface area contributed by atoms with E-state index in [2.05, 4.69) is 0 Å². The molecule has 0 fully saturated rings. The Hall–Kier alpha value is -0.580. The minimum atomic E-state index is -2.90. The summed E-state index contributed by atoms with van der Waals surface area (Å²) in [7, 11) is -0.983. The van der Waals surface area contributed by atoms with Crippen LogP contribution in [-0.2, 0) is 9.84 Å². The molecule has 0 N–H and O–H groups in total. The fourth-order valence-corrected chi connectivity index (χ4v) is 2.24. The van der Waals surface area contributed by atoms with Gasteiger partial charge in [0.2, 0.25) is 0 Å². The molecule has 0 amide bonds. The van der Waals surface area contributed by atoms with Crippen LogP contribution in [0.3, 0.4) is 0 Å². The smallest absolute Gasteiger partial charge is 0.148 e. The van der Waals surface area contributed by atoms with E-state index in [0.29, 0.717) is 11.6 Å².